The van der Waals surface area contributed by atoms with Crippen molar-refractivity contribution >= 4 is 78.1 Å². The molecule has 2 aromatic rings. The standard InChI is InChI=1S/C9H10N3O4PS.Au.2K/c1-14-7-4-6(12-5-10-11-9(12)18)2-3-8(7)17-16-15-13;;;/h2-5,13,17H,1H3,(H,11,18);;;/q;+1;;+1/p-2. The topological polar surface area (TPSA) is 81.5 Å². The molecule has 0 amide bonds. The van der Waals surface area contributed by atoms with Gasteiger partial charge in [-0.25, -0.2) is 4.67 Å². The Balaban J connectivity index is 0. The minimum Gasteiger partial charge on any atom is -0.740 e. The zero-order chi connectivity index (χ0) is 13.0. The molecule has 0 aliphatic carbocycles. The van der Waals surface area contributed by atoms with Crippen LogP contribution in [0, 0.1) is 0 Å². The van der Waals surface area contributed by atoms with Crippen molar-refractivity contribution < 1.29 is 93.5 Å². The van der Waals surface area contributed by atoms with Crippen LogP contribution in [-0.2, 0) is 44.7 Å². The molecule has 12 heteroatoms. The van der Waals surface area contributed by atoms with E-state index in [1.54, 1.807) is 22.8 Å². The van der Waals surface area contributed by atoms with E-state index in [2.05, 4.69) is 19.9 Å². The predicted octanol–water partition coefficient (Wildman–Crippen LogP) is -3.76. The zero-order valence-electron chi connectivity index (χ0n) is 11.5. The Labute approximate surface area is 229 Å². The van der Waals surface area contributed by atoms with Gasteiger partial charge in [-0.1, -0.05) is 0 Å². The van der Waals surface area contributed by atoms with Crippen molar-refractivity contribution in [1.82, 2.24) is 14.8 Å². The third kappa shape index (κ3) is 7.63. The van der Waals surface area contributed by atoms with E-state index in [1.807, 2.05) is 0 Å². The maximum absolute atomic E-state index is 9.81. The SMILES string of the molecule is COc1cc(-n2cnnc2[S-])ccc1POO[O-].[Au+].[K+].[K]. The number of ether oxygens (including phenoxy) is 1. The van der Waals surface area contributed by atoms with Crippen molar-refractivity contribution in [2.24, 2.45) is 0 Å². The maximum atomic E-state index is 9.81. The summed E-state index contributed by atoms with van der Waals surface area (Å²) in [7, 11) is 1.26. The Kier molecular flexibility index (Phi) is 17.2. The summed E-state index contributed by atoms with van der Waals surface area (Å²) in [6.45, 7) is 0. The normalized spacial score (nSPS) is 9.62. The first kappa shape index (κ1) is 25.9. The van der Waals surface area contributed by atoms with Gasteiger partial charge in [-0.3, -0.25) is 5.04 Å². The molecule has 1 radical (unpaired) electrons. The maximum Gasteiger partial charge on any atom is 1.00 e. The fourth-order valence-electron chi connectivity index (χ4n) is 1.38. The van der Waals surface area contributed by atoms with Gasteiger partial charge < -0.3 is 27.2 Å². The summed E-state index contributed by atoms with van der Waals surface area (Å²) in [5.41, 5.74) is 0.762. The monoisotopic (exact) mass is 560 g/mol. The molecule has 0 bridgehead atoms. The van der Waals surface area contributed by atoms with Gasteiger partial charge in [0.2, 0.25) is 0 Å². The molecule has 1 aromatic heterocycles. The molecule has 21 heavy (non-hydrogen) atoms. The summed E-state index contributed by atoms with van der Waals surface area (Å²) in [5, 5.41) is 21.6. The van der Waals surface area contributed by atoms with E-state index in [9.17, 15) is 5.26 Å². The largest absolute Gasteiger partial charge is 1.00 e. The average Bonchev–Trinajstić information content (AvgIpc) is 2.82. The summed E-state index contributed by atoms with van der Waals surface area (Å²) in [6, 6.07) is 5.29. The first-order valence-corrected chi connectivity index (χ1v) is 6.05. The van der Waals surface area contributed by atoms with Crippen molar-refractivity contribution in [3.05, 3.63) is 24.5 Å². The van der Waals surface area contributed by atoms with Crippen molar-refractivity contribution in [1.29, 1.82) is 0 Å². The molecule has 0 saturated heterocycles. The van der Waals surface area contributed by atoms with E-state index >= 15 is 0 Å². The van der Waals surface area contributed by atoms with E-state index in [1.165, 1.54) is 13.4 Å². The molecular weight excluding hydrogens is 552 g/mol. The molecule has 0 aliphatic rings. The first-order chi connectivity index (χ1) is 8.76. The smallest absolute Gasteiger partial charge is 0.740 e. The van der Waals surface area contributed by atoms with Crippen LogP contribution in [0.15, 0.2) is 29.7 Å². The molecule has 0 spiro atoms. The van der Waals surface area contributed by atoms with Crippen molar-refractivity contribution in [3.8, 4) is 11.4 Å². The van der Waals surface area contributed by atoms with Crippen LogP contribution in [0.25, 0.3) is 5.69 Å². The third-order valence-electron chi connectivity index (χ3n) is 2.17. The molecule has 2 rings (SSSR count). The van der Waals surface area contributed by atoms with Crippen LogP contribution < -0.4 is 66.7 Å². The van der Waals surface area contributed by atoms with Crippen molar-refractivity contribution in [2.45, 2.75) is 5.16 Å². The summed E-state index contributed by atoms with van der Waals surface area (Å²) < 4.78 is 11.2. The average molecular weight is 560 g/mol. The Morgan fingerprint density at radius 1 is 1.38 bits per heavy atom. The van der Waals surface area contributed by atoms with Gasteiger partial charge in [0.05, 0.1) is 21.6 Å². The number of benzene rings is 1. The van der Waals surface area contributed by atoms with E-state index in [0.29, 0.717) is 16.2 Å². The van der Waals surface area contributed by atoms with Crippen LogP contribution in [0.2, 0.25) is 0 Å². The van der Waals surface area contributed by atoms with Gasteiger partial charge in [0, 0.05) is 67.9 Å². The molecule has 1 heterocycles. The second-order valence-corrected chi connectivity index (χ2v) is 4.40. The van der Waals surface area contributed by atoms with E-state index < -0.39 is 0 Å². The van der Waals surface area contributed by atoms with E-state index in [0.717, 1.165) is 5.69 Å². The van der Waals surface area contributed by atoms with Crippen LogP contribution in [0.1, 0.15) is 0 Å². The van der Waals surface area contributed by atoms with Gasteiger partial charge in [0.1, 0.15) is 12.1 Å². The summed E-state index contributed by atoms with van der Waals surface area (Å²) in [5.74, 6) is 0.561. The third-order valence-corrected chi connectivity index (χ3v) is 3.23. The number of methoxy groups -OCH3 is 1. The Hall–Kier alpha value is 2.70. The number of aromatic nitrogens is 3. The second-order valence-electron chi connectivity index (χ2n) is 3.12. The fourth-order valence-corrected chi connectivity index (χ4v) is 2.13. The number of hydrogen-bond acceptors (Lipinski definition) is 7. The Morgan fingerprint density at radius 3 is 2.62 bits per heavy atom. The molecule has 1 unspecified atom stereocenters. The molecular formula is C9H8AuK2N3O4PS. The second kappa shape index (κ2) is 13.9. The van der Waals surface area contributed by atoms with Crippen LogP contribution >= 0.6 is 8.81 Å². The molecule has 1 aromatic carbocycles. The summed E-state index contributed by atoms with van der Waals surface area (Å²) in [4.78, 5) is 0. The van der Waals surface area contributed by atoms with Gasteiger partial charge in [-0.15, -0.1) is 5.10 Å². The van der Waals surface area contributed by atoms with Gasteiger partial charge in [-0.05, 0) is 12.1 Å². The van der Waals surface area contributed by atoms with Gasteiger partial charge in [0.15, 0.2) is 0 Å². The first-order valence-electron chi connectivity index (χ1n) is 4.73. The quantitative estimate of drug-likeness (QED) is 0.122. The number of rotatable bonds is 5. The van der Waals surface area contributed by atoms with E-state index in [4.69, 9.17) is 17.4 Å². The minimum absolute atomic E-state index is 0. The fraction of sp³-hybridized carbons (Fsp3) is 0.111. The van der Waals surface area contributed by atoms with Gasteiger partial charge in [0.25, 0.3) is 0 Å². The molecule has 107 valence electrons. The van der Waals surface area contributed by atoms with E-state index in [-0.39, 0.29) is 134 Å². The zero-order valence-corrected chi connectivity index (χ0v) is 21.7. The van der Waals surface area contributed by atoms with Crippen LogP contribution in [-0.4, -0.2) is 73.3 Å². The van der Waals surface area contributed by atoms with Gasteiger partial charge in [-0.2, -0.15) is 5.10 Å². The van der Waals surface area contributed by atoms with Crippen LogP contribution in [0.5, 0.6) is 5.75 Å². The molecule has 0 N–H and O–H groups in total. The predicted molar refractivity (Wildman–Crippen MR) is 69.4 cm³/mol. The van der Waals surface area contributed by atoms with Crippen LogP contribution in [0.3, 0.4) is 0 Å². The summed E-state index contributed by atoms with van der Waals surface area (Å²) in [6.07, 6.45) is 1.51. The molecule has 1 atom stereocenters. The van der Waals surface area contributed by atoms with Crippen molar-refractivity contribution in [3.63, 3.8) is 0 Å². The Bertz CT molecular complexity index is 551. The summed E-state index contributed by atoms with van der Waals surface area (Å²) >= 11 is 5.01. The number of nitrogens with zero attached hydrogens (tertiary/aromatic N) is 3. The molecule has 7 nitrogen and oxygen atoms in total. The molecule has 0 fully saturated rings. The number of hydrogen-bond donors (Lipinski definition) is 0. The van der Waals surface area contributed by atoms with Gasteiger partial charge >= 0.3 is 73.8 Å². The molecule has 0 aliphatic heterocycles. The minimum atomic E-state index is -0.257. The Morgan fingerprint density at radius 2 is 2.10 bits per heavy atom. The van der Waals surface area contributed by atoms with Crippen molar-refractivity contribution in [2.75, 3.05) is 7.11 Å². The van der Waals surface area contributed by atoms with Crippen LogP contribution in [0.4, 0.5) is 0 Å². The molecule has 0 saturated carbocycles.